The van der Waals surface area contributed by atoms with Gasteiger partial charge in [0.15, 0.2) is 0 Å². The minimum Gasteiger partial charge on any atom is -0.314 e. The van der Waals surface area contributed by atoms with E-state index in [0.29, 0.717) is 16.9 Å². The van der Waals surface area contributed by atoms with Crippen molar-refractivity contribution in [2.45, 2.75) is 47.1 Å². The average molecular weight is 324 g/mol. The highest BCUT2D eigenvalue weighted by Gasteiger charge is 2.66. The molecule has 2 rings (SSSR count). The lowest BCUT2D eigenvalue weighted by Gasteiger charge is -2.20. The molecule has 1 aromatic rings. The second kappa shape index (κ2) is 5.21. The van der Waals surface area contributed by atoms with Crippen LogP contribution < -0.4 is 5.32 Å². The van der Waals surface area contributed by atoms with Crippen molar-refractivity contribution >= 4 is 15.9 Å². The van der Waals surface area contributed by atoms with Crippen LogP contribution in [-0.4, -0.2) is 12.6 Å². The van der Waals surface area contributed by atoms with E-state index in [4.69, 9.17) is 0 Å². The first-order valence-corrected chi connectivity index (χ1v) is 8.08. The van der Waals surface area contributed by atoms with Crippen LogP contribution in [0.15, 0.2) is 28.7 Å². The Morgan fingerprint density at radius 1 is 1.21 bits per heavy atom. The van der Waals surface area contributed by atoms with Gasteiger partial charge in [-0.1, -0.05) is 62.7 Å². The lowest BCUT2D eigenvalue weighted by molar-refractivity contribution is 0.403. The van der Waals surface area contributed by atoms with Gasteiger partial charge in [-0.05, 0) is 47.4 Å². The van der Waals surface area contributed by atoms with Crippen molar-refractivity contribution in [2.75, 3.05) is 6.54 Å². The quantitative estimate of drug-likeness (QED) is 0.831. The number of likely N-dealkylation sites (N-methyl/N-ethyl adjacent to an activating group) is 1. The predicted octanol–water partition coefficient (Wildman–Crippen LogP) is 4.65. The van der Waals surface area contributed by atoms with E-state index in [0.717, 1.165) is 18.9 Å². The van der Waals surface area contributed by atoms with Gasteiger partial charge < -0.3 is 5.32 Å². The van der Waals surface area contributed by atoms with E-state index in [-0.39, 0.29) is 0 Å². The maximum absolute atomic E-state index is 3.71. The number of hydrogen-bond acceptors (Lipinski definition) is 1. The number of rotatable bonds is 5. The molecule has 1 saturated carbocycles. The Morgan fingerprint density at radius 3 is 2.32 bits per heavy atom. The van der Waals surface area contributed by atoms with Crippen molar-refractivity contribution < 1.29 is 0 Å². The van der Waals surface area contributed by atoms with Crippen molar-refractivity contribution in [1.29, 1.82) is 0 Å². The zero-order chi connectivity index (χ0) is 14.3. The number of hydrogen-bond donors (Lipinski definition) is 1. The van der Waals surface area contributed by atoms with Crippen molar-refractivity contribution in [1.82, 2.24) is 5.32 Å². The average Bonchev–Trinajstić information content (AvgIpc) is 2.69. The molecule has 1 aliphatic rings. The first-order valence-electron chi connectivity index (χ1n) is 7.28. The van der Waals surface area contributed by atoms with Crippen LogP contribution in [0.4, 0.5) is 0 Å². The number of benzene rings is 1. The summed E-state index contributed by atoms with van der Waals surface area (Å²) < 4.78 is 1.18. The van der Waals surface area contributed by atoms with Gasteiger partial charge in [0.25, 0.3) is 0 Å². The Morgan fingerprint density at radius 2 is 1.84 bits per heavy atom. The van der Waals surface area contributed by atoms with Crippen LogP contribution in [0, 0.1) is 16.7 Å². The standard InChI is InChI=1S/C17H26BrN/c1-6-19-14(15-16(2,3)17(15,4)5)11-12-8-7-9-13(18)10-12/h7-10,14-15,19H,6,11H2,1-5H3. The molecule has 106 valence electrons. The van der Waals surface area contributed by atoms with Gasteiger partial charge >= 0.3 is 0 Å². The van der Waals surface area contributed by atoms with Crippen molar-refractivity contribution in [2.24, 2.45) is 16.7 Å². The molecule has 0 bridgehead atoms. The monoisotopic (exact) mass is 323 g/mol. The Balaban J connectivity index is 2.14. The van der Waals surface area contributed by atoms with E-state index < -0.39 is 0 Å². The van der Waals surface area contributed by atoms with E-state index in [9.17, 15) is 0 Å². The lowest BCUT2D eigenvalue weighted by Crippen LogP contribution is -2.35. The summed E-state index contributed by atoms with van der Waals surface area (Å²) in [5.74, 6) is 0.749. The minimum atomic E-state index is 0.436. The van der Waals surface area contributed by atoms with Crippen molar-refractivity contribution in [3.8, 4) is 0 Å². The molecule has 0 aliphatic heterocycles. The molecular formula is C17H26BrN. The molecular weight excluding hydrogens is 298 g/mol. The first-order chi connectivity index (χ1) is 8.80. The zero-order valence-electron chi connectivity index (χ0n) is 12.8. The van der Waals surface area contributed by atoms with Crippen LogP contribution in [0.2, 0.25) is 0 Å². The molecule has 19 heavy (non-hydrogen) atoms. The Kier molecular flexibility index (Phi) is 4.13. The van der Waals surface area contributed by atoms with Gasteiger partial charge in [0.2, 0.25) is 0 Å². The van der Waals surface area contributed by atoms with E-state index in [1.807, 2.05) is 0 Å². The fourth-order valence-electron chi connectivity index (χ4n) is 3.74. The van der Waals surface area contributed by atoms with Crippen molar-refractivity contribution in [3.63, 3.8) is 0 Å². The molecule has 0 spiro atoms. The summed E-state index contributed by atoms with van der Waals surface area (Å²) in [4.78, 5) is 0. The molecule has 1 unspecified atom stereocenters. The van der Waals surface area contributed by atoms with Crippen LogP contribution >= 0.6 is 15.9 Å². The molecule has 0 saturated heterocycles. The van der Waals surface area contributed by atoms with Gasteiger partial charge in [0, 0.05) is 10.5 Å². The van der Waals surface area contributed by atoms with E-state index in [2.05, 4.69) is 80.1 Å². The van der Waals surface area contributed by atoms with Gasteiger partial charge in [-0.3, -0.25) is 0 Å². The molecule has 1 aromatic carbocycles. The summed E-state index contributed by atoms with van der Waals surface area (Å²) in [6.45, 7) is 12.9. The molecule has 1 atom stereocenters. The fraction of sp³-hybridized carbons (Fsp3) is 0.647. The lowest BCUT2D eigenvalue weighted by atomic mass is 9.97. The second-order valence-electron chi connectivity index (χ2n) is 6.92. The Labute approximate surface area is 126 Å². The summed E-state index contributed by atoms with van der Waals surface area (Å²) in [6, 6.07) is 9.27. The fourth-order valence-corrected chi connectivity index (χ4v) is 4.19. The summed E-state index contributed by atoms with van der Waals surface area (Å²) in [7, 11) is 0. The van der Waals surface area contributed by atoms with Crippen LogP contribution in [0.5, 0.6) is 0 Å². The maximum atomic E-state index is 3.71. The predicted molar refractivity (Wildman–Crippen MR) is 86.4 cm³/mol. The highest BCUT2D eigenvalue weighted by Crippen LogP contribution is 2.69. The number of halogens is 1. The molecule has 2 heteroatoms. The molecule has 1 N–H and O–H groups in total. The molecule has 1 nitrogen and oxygen atoms in total. The highest BCUT2D eigenvalue weighted by molar-refractivity contribution is 9.10. The van der Waals surface area contributed by atoms with E-state index in [1.165, 1.54) is 10.0 Å². The second-order valence-corrected chi connectivity index (χ2v) is 7.83. The van der Waals surface area contributed by atoms with Gasteiger partial charge in [0.1, 0.15) is 0 Å². The molecule has 0 amide bonds. The highest BCUT2D eigenvalue weighted by atomic mass is 79.9. The third-order valence-corrected chi connectivity index (χ3v) is 5.84. The summed E-state index contributed by atoms with van der Waals surface area (Å²) in [6.07, 6.45) is 1.12. The Hall–Kier alpha value is -0.340. The molecule has 0 radical (unpaired) electrons. The third kappa shape index (κ3) is 2.75. The SMILES string of the molecule is CCNC(Cc1cccc(Br)c1)C1C(C)(C)C1(C)C. The molecule has 0 aromatic heterocycles. The molecule has 1 fully saturated rings. The van der Waals surface area contributed by atoms with Crippen LogP contribution in [0.1, 0.15) is 40.2 Å². The normalized spacial score (nSPS) is 22.2. The topological polar surface area (TPSA) is 12.0 Å². The summed E-state index contributed by atoms with van der Waals surface area (Å²) in [5.41, 5.74) is 2.29. The van der Waals surface area contributed by atoms with Crippen molar-refractivity contribution in [3.05, 3.63) is 34.3 Å². The first kappa shape index (κ1) is 15.1. The van der Waals surface area contributed by atoms with Gasteiger partial charge in [-0.2, -0.15) is 0 Å². The van der Waals surface area contributed by atoms with Crippen LogP contribution in [0.25, 0.3) is 0 Å². The van der Waals surface area contributed by atoms with E-state index >= 15 is 0 Å². The van der Waals surface area contributed by atoms with Gasteiger partial charge in [-0.25, -0.2) is 0 Å². The summed E-state index contributed by atoms with van der Waals surface area (Å²) >= 11 is 3.57. The summed E-state index contributed by atoms with van der Waals surface area (Å²) in [5, 5.41) is 3.71. The molecule has 0 heterocycles. The maximum Gasteiger partial charge on any atom is 0.0178 e. The third-order valence-electron chi connectivity index (χ3n) is 5.35. The zero-order valence-corrected chi connectivity index (χ0v) is 14.3. The Bertz CT molecular complexity index is 436. The molecule has 1 aliphatic carbocycles. The van der Waals surface area contributed by atoms with Gasteiger partial charge in [0.05, 0.1) is 0 Å². The van der Waals surface area contributed by atoms with Crippen LogP contribution in [0.3, 0.4) is 0 Å². The largest absolute Gasteiger partial charge is 0.314 e. The van der Waals surface area contributed by atoms with Gasteiger partial charge in [-0.15, -0.1) is 0 Å². The number of nitrogens with one attached hydrogen (secondary N) is 1. The van der Waals surface area contributed by atoms with Crippen LogP contribution in [-0.2, 0) is 6.42 Å². The minimum absolute atomic E-state index is 0.436. The van der Waals surface area contributed by atoms with E-state index in [1.54, 1.807) is 0 Å². The smallest absolute Gasteiger partial charge is 0.0178 e.